The fourth-order valence-electron chi connectivity index (χ4n) is 2.33. The summed E-state index contributed by atoms with van der Waals surface area (Å²) in [5, 5.41) is 9.64. The van der Waals surface area contributed by atoms with Crippen molar-refractivity contribution in [2.75, 3.05) is 6.26 Å². The first-order valence-corrected chi connectivity index (χ1v) is 7.00. The van der Waals surface area contributed by atoms with Crippen molar-refractivity contribution in [2.24, 2.45) is 0 Å². The Kier molecular flexibility index (Phi) is 2.43. The molecule has 1 atom stereocenters. The van der Waals surface area contributed by atoms with Crippen LogP contribution in [0.1, 0.15) is 15.9 Å². The maximum Gasteiger partial charge on any atom is 0.194 e. The van der Waals surface area contributed by atoms with Crippen LogP contribution < -0.4 is 0 Å². The van der Waals surface area contributed by atoms with Gasteiger partial charge in [-0.1, -0.05) is 24.3 Å². The molecule has 1 unspecified atom stereocenters. The molecule has 4 heteroatoms. The molecule has 18 heavy (non-hydrogen) atoms. The monoisotopic (exact) mass is 258 g/mol. The Morgan fingerprint density at radius 2 is 1.78 bits per heavy atom. The van der Waals surface area contributed by atoms with Crippen molar-refractivity contribution in [1.29, 1.82) is 0 Å². The van der Waals surface area contributed by atoms with Gasteiger partial charge in [-0.15, -0.1) is 0 Å². The summed E-state index contributed by atoms with van der Waals surface area (Å²) < 4.78 is 11.8. The van der Waals surface area contributed by atoms with Crippen molar-refractivity contribution in [2.45, 2.75) is 4.90 Å². The van der Waals surface area contributed by atoms with Gasteiger partial charge < -0.3 is 9.66 Å². The van der Waals surface area contributed by atoms with Gasteiger partial charge >= 0.3 is 0 Å². The molecule has 2 aromatic rings. The van der Waals surface area contributed by atoms with E-state index in [9.17, 15) is 14.5 Å². The van der Waals surface area contributed by atoms with Gasteiger partial charge in [0, 0.05) is 22.8 Å². The molecule has 1 aliphatic rings. The van der Waals surface area contributed by atoms with Crippen molar-refractivity contribution >= 4 is 17.0 Å². The largest absolute Gasteiger partial charge is 0.612 e. The number of phenols is 1. The van der Waals surface area contributed by atoms with Crippen LogP contribution in [0.4, 0.5) is 0 Å². The van der Waals surface area contributed by atoms with Gasteiger partial charge in [-0.25, -0.2) is 0 Å². The first-order chi connectivity index (χ1) is 8.59. The topological polar surface area (TPSA) is 60.4 Å². The lowest BCUT2D eigenvalue weighted by atomic mass is 10.1. The second-order valence-electron chi connectivity index (χ2n) is 4.20. The minimum atomic E-state index is -1.26. The quantitative estimate of drug-likeness (QED) is 0.681. The molecule has 0 aromatic heterocycles. The van der Waals surface area contributed by atoms with Crippen LogP contribution in [0.2, 0.25) is 0 Å². The standard InChI is InChI=1S/C14H10O3S/c1-18(17)12-7-8(15)6-11-13(12)9-4-2-3-5-10(9)14(11)16/h2-7,15H,1H3. The predicted molar refractivity (Wildman–Crippen MR) is 69.3 cm³/mol. The number of carbonyl (C=O) groups excluding carboxylic acids is 1. The number of hydrogen-bond donors (Lipinski definition) is 1. The zero-order valence-corrected chi connectivity index (χ0v) is 10.5. The Balaban J connectivity index is 2.40. The average Bonchev–Trinajstić information content (AvgIpc) is 2.63. The molecule has 0 saturated carbocycles. The number of aromatic hydroxyl groups is 1. The van der Waals surface area contributed by atoms with Crippen LogP contribution in [0.3, 0.4) is 0 Å². The number of ketones is 1. The van der Waals surface area contributed by atoms with E-state index in [2.05, 4.69) is 0 Å². The van der Waals surface area contributed by atoms with Crippen molar-refractivity contribution in [3.63, 3.8) is 0 Å². The van der Waals surface area contributed by atoms with E-state index in [1.54, 1.807) is 18.4 Å². The van der Waals surface area contributed by atoms with E-state index < -0.39 is 11.2 Å². The molecule has 0 fully saturated rings. The fraction of sp³-hybridized carbons (Fsp3) is 0.0714. The van der Waals surface area contributed by atoms with Gasteiger partial charge in [-0.05, 0) is 22.8 Å². The minimum Gasteiger partial charge on any atom is -0.612 e. The van der Waals surface area contributed by atoms with Gasteiger partial charge in [0.05, 0.1) is 0 Å². The summed E-state index contributed by atoms with van der Waals surface area (Å²) in [7, 11) is 0. The van der Waals surface area contributed by atoms with Crippen LogP contribution in [0.25, 0.3) is 11.1 Å². The van der Waals surface area contributed by atoms with E-state index >= 15 is 0 Å². The summed E-state index contributed by atoms with van der Waals surface area (Å²) >= 11 is -1.26. The summed E-state index contributed by atoms with van der Waals surface area (Å²) in [6, 6.07) is 10.1. The first kappa shape index (κ1) is 11.3. The van der Waals surface area contributed by atoms with Crippen molar-refractivity contribution < 1.29 is 14.5 Å². The summed E-state index contributed by atoms with van der Waals surface area (Å²) in [5.41, 5.74) is 2.52. The zero-order valence-electron chi connectivity index (χ0n) is 9.64. The molecule has 0 saturated heterocycles. The minimum absolute atomic E-state index is 0.0277. The van der Waals surface area contributed by atoms with E-state index in [-0.39, 0.29) is 11.5 Å². The van der Waals surface area contributed by atoms with Crippen LogP contribution in [0.15, 0.2) is 41.3 Å². The van der Waals surface area contributed by atoms with E-state index in [1.165, 1.54) is 12.1 Å². The normalized spacial score (nSPS) is 14.2. The highest BCUT2D eigenvalue weighted by atomic mass is 32.2. The van der Waals surface area contributed by atoms with E-state index in [4.69, 9.17) is 0 Å². The third kappa shape index (κ3) is 1.46. The van der Waals surface area contributed by atoms with Gasteiger partial charge in [-0.2, -0.15) is 0 Å². The molecule has 0 bridgehead atoms. The lowest BCUT2D eigenvalue weighted by Crippen LogP contribution is -2.01. The predicted octanol–water partition coefficient (Wildman–Crippen LogP) is 2.34. The summed E-state index contributed by atoms with van der Waals surface area (Å²) in [6.07, 6.45) is 1.54. The van der Waals surface area contributed by atoms with Gasteiger partial charge in [0.15, 0.2) is 10.7 Å². The second-order valence-corrected chi connectivity index (χ2v) is 5.54. The average molecular weight is 258 g/mol. The lowest BCUT2D eigenvalue weighted by Gasteiger charge is -2.10. The number of benzene rings is 2. The van der Waals surface area contributed by atoms with Crippen LogP contribution in [0, 0.1) is 0 Å². The SMILES string of the molecule is C[S+]([O-])c1cc(O)cc2c1-c1ccccc1C2=O. The van der Waals surface area contributed by atoms with E-state index in [1.807, 2.05) is 12.1 Å². The van der Waals surface area contributed by atoms with Crippen molar-refractivity contribution in [3.8, 4) is 16.9 Å². The first-order valence-electron chi connectivity index (χ1n) is 5.44. The van der Waals surface area contributed by atoms with Gasteiger partial charge in [-0.3, -0.25) is 4.79 Å². The Labute approximate surface area is 107 Å². The molecule has 0 radical (unpaired) electrons. The molecule has 1 aliphatic carbocycles. The molecule has 90 valence electrons. The van der Waals surface area contributed by atoms with Gasteiger partial charge in [0.1, 0.15) is 12.0 Å². The molecule has 3 rings (SSSR count). The van der Waals surface area contributed by atoms with Gasteiger partial charge in [0.25, 0.3) is 0 Å². The Bertz CT molecular complexity index is 662. The maximum atomic E-state index is 12.2. The van der Waals surface area contributed by atoms with Crippen LogP contribution in [-0.4, -0.2) is 21.7 Å². The smallest absolute Gasteiger partial charge is 0.194 e. The molecule has 1 N–H and O–H groups in total. The van der Waals surface area contributed by atoms with Crippen molar-refractivity contribution in [1.82, 2.24) is 0 Å². The molecule has 3 nitrogen and oxygen atoms in total. The molecule has 0 spiro atoms. The molecule has 2 aromatic carbocycles. The third-order valence-electron chi connectivity index (χ3n) is 3.08. The van der Waals surface area contributed by atoms with Crippen LogP contribution >= 0.6 is 0 Å². The third-order valence-corrected chi connectivity index (χ3v) is 4.02. The van der Waals surface area contributed by atoms with Gasteiger partial charge in [0.2, 0.25) is 0 Å². The number of fused-ring (bicyclic) bond motifs is 3. The Morgan fingerprint density at radius 1 is 1.11 bits per heavy atom. The molecule has 0 heterocycles. The van der Waals surface area contributed by atoms with Crippen molar-refractivity contribution in [3.05, 3.63) is 47.5 Å². The highest BCUT2D eigenvalue weighted by Gasteiger charge is 2.32. The number of rotatable bonds is 1. The Hall–Kier alpha value is -1.78. The molecular weight excluding hydrogens is 248 g/mol. The second kappa shape index (κ2) is 3.86. The number of hydrogen-bond acceptors (Lipinski definition) is 3. The number of phenolic OH excluding ortho intramolecular Hbond substituents is 1. The highest BCUT2D eigenvalue weighted by molar-refractivity contribution is 7.90. The molecule has 0 amide bonds. The summed E-state index contributed by atoms with van der Waals surface area (Å²) in [5.74, 6) is -0.150. The zero-order chi connectivity index (χ0) is 12.9. The molecular formula is C14H10O3S. The van der Waals surface area contributed by atoms with Crippen LogP contribution in [0.5, 0.6) is 5.75 Å². The highest BCUT2D eigenvalue weighted by Crippen LogP contribution is 2.42. The summed E-state index contributed by atoms with van der Waals surface area (Å²) in [4.78, 5) is 12.7. The summed E-state index contributed by atoms with van der Waals surface area (Å²) in [6.45, 7) is 0. The van der Waals surface area contributed by atoms with E-state index in [0.29, 0.717) is 21.6 Å². The molecule has 0 aliphatic heterocycles. The maximum absolute atomic E-state index is 12.2. The Morgan fingerprint density at radius 3 is 2.44 bits per heavy atom. The fourth-order valence-corrected chi connectivity index (χ4v) is 3.12. The van der Waals surface area contributed by atoms with E-state index in [0.717, 1.165) is 5.56 Å². The number of carbonyl (C=O) groups is 1. The van der Waals surface area contributed by atoms with Crippen LogP contribution in [-0.2, 0) is 11.2 Å². The lowest BCUT2D eigenvalue weighted by molar-refractivity contribution is 0.104.